The molecular weight excluding hydrogens is 174 g/mol. The molecule has 0 saturated heterocycles. The Labute approximate surface area is 87.0 Å². The van der Waals surface area contributed by atoms with Gasteiger partial charge in [0.1, 0.15) is 0 Å². The molecule has 0 unspecified atom stereocenters. The lowest BCUT2D eigenvalue weighted by Gasteiger charge is -2.34. The van der Waals surface area contributed by atoms with E-state index >= 15 is 0 Å². The normalized spacial score (nSPS) is 17.6. The van der Waals surface area contributed by atoms with Crippen molar-refractivity contribution in [2.45, 2.75) is 46.6 Å². The first-order valence-electron chi connectivity index (χ1n) is 5.55. The van der Waals surface area contributed by atoms with Gasteiger partial charge in [-0.25, -0.2) is 0 Å². The molecule has 1 aliphatic rings. The zero-order valence-electron chi connectivity index (χ0n) is 9.71. The fourth-order valence-corrected chi connectivity index (χ4v) is 1.81. The molecule has 0 aromatic rings. The summed E-state index contributed by atoms with van der Waals surface area (Å²) in [6.07, 6.45) is 4.33. The van der Waals surface area contributed by atoms with Gasteiger partial charge in [0.15, 0.2) is 5.78 Å². The van der Waals surface area contributed by atoms with Gasteiger partial charge in [-0.1, -0.05) is 19.9 Å². The van der Waals surface area contributed by atoms with Crippen LogP contribution in [0.15, 0.2) is 11.8 Å². The predicted octanol–water partition coefficient (Wildman–Crippen LogP) is 2.60. The number of nitrogens with zero attached hydrogens (tertiary/aromatic N) is 1. The summed E-state index contributed by atoms with van der Waals surface area (Å²) in [5.41, 5.74) is 0.946. The Bertz CT molecular complexity index is 241. The van der Waals surface area contributed by atoms with Crippen molar-refractivity contribution in [2.75, 3.05) is 6.54 Å². The minimum absolute atomic E-state index is 0.112. The van der Waals surface area contributed by atoms with Gasteiger partial charge in [-0.15, -0.1) is 0 Å². The van der Waals surface area contributed by atoms with Gasteiger partial charge in [0.25, 0.3) is 0 Å². The van der Waals surface area contributed by atoms with Crippen molar-refractivity contribution in [1.82, 2.24) is 4.90 Å². The van der Waals surface area contributed by atoms with Crippen molar-refractivity contribution in [3.8, 4) is 0 Å². The lowest BCUT2D eigenvalue weighted by atomic mass is 10.00. The van der Waals surface area contributed by atoms with E-state index in [4.69, 9.17) is 0 Å². The Hall–Kier alpha value is -0.790. The van der Waals surface area contributed by atoms with Gasteiger partial charge in [-0.3, -0.25) is 4.79 Å². The highest BCUT2D eigenvalue weighted by Crippen LogP contribution is 2.20. The molecule has 80 valence electrons. The lowest BCUT2D eigenvalue weighted by Crippen LogP contribution is -2.37. The van der Waals surface area contributed by atoms with Crippen LogP contribution in [-0.4, -0.2) is 23.3 Å². The van der Waals surface area contributed by atoms with Gasteiger partial charge < -0.3 is 4.90 Å². The fraction of sp³-hybridized carbons (Fsp3) is 0.750. The molecule has 2 nitrogen and oxygen atoms in total. The number of hydrogen-bond acceptors (Lipinski definition) is 2. The highest BCUT2D eigenvalue weighted by atomic mass is 16.1. The third kappa shape index (κ3) is 2.37. The molecule has 0 atom stereocenters. The molecule has 0 aromatic carbocycles. The molecule has 0 spiro atoms. The average molecular weight is 195 g/mol. The lowest BCUT2D eigenvalue weighted by molar-refractivity contribution is -0.120. The Kier molecular flexibility index (Phi) is 3.73. The molecule has 0 saturated carbocycles. The van der Waals surface area contributed by atoms with Crippen molar-refractivity contribution in [3.05, 3.63) is 11.8 Å². The van der Waals surface area contributed by atoms with E-state index in [9.17, 15) is 4.79 Å². The SMILES string of the molecule is CC(C)C(=O)C1=CCCCN1C(C)C. The van der Waals surface area contributed by atoms with E-state index in [1.807, 2.05) is 13.8 Å². The standard InChI is InChI=1S/C12H21NO/c1-9(2)12(14)11-7-5-6-8-13(11)10(3)4/h7,9-10H,5-6,8H2,1-4H3. The maximum atomic E-state index is 11.9. The second-order valence-electron chi connectivity index (χ2n) is 4.54. The van der Waals surface area contributed by atoms with Gasteiger partial charge in [0.05, 0.1) is 5.70 Å². The zero-order valence-corrected chi connectivity index (χ0v) is 9.71. The molecule has 14 heavy (non-hydrogen) atoms. The maximum absolute atomic E-state index is 11.9. The van der Waals surface area contributed by atoms with Crippen molar-refractivity contribution >= 4 is 5.78 Å². The van der Waals surface area contributed by atoms with Gasteiger partial charge >= 0.3 is 0 Å². The van der Waals surface area contributed by atoms with Crippen LogP contribution in [0.25, 0.3) is 0 Å². The number of allylic oxidation sites excluding steroid dienone is 2. The van der Waals surface area contributed by atoms with Crippen molar-refractivity contribution in [1.29, 1.82) is 0 Å². The molecule has 0 fully saturated rings. The zero-order chi connectivity index (χ0) is 10.7. The van der Waals surface area contributed by atoms with Crippen LogP contribution < -0.4 is 0 Å². The highest BCUT2D eigenvalue weighted by molar-refractivity contribution is 5.96. The first-order chi connectivity index (χ1) is 6.54. The number of ketones is 1. The molecular formula is C12H21NO. The summed E-state index contributed by atoms with van der Waals surface area (Å²) in [5.74, 6) is 0.402. The van der Waals surface area contributed by atoms with Crippen molar-refractivity contribution < 1.29 is 4.79 Å². The molecule has 0 N–H and O–H groups in total. The topological polar surface area (TPSA) is 20.3 Å². The largest absolute Gasteiger partial charge is 0.366 e. The number of rotatable bonds is 3. The summed E-state index contributed by atoms with van der Waals surface area (Å²) in [6, 6.07) is 0.434. The van der Waals surface area contributed by atoms with Gasteiger partial charge in [-0.2, -0.15) is 0 Å². The number of carbonyl (C=O) groups excluding carboxylic acids is 1. The summed E-state index contributed by atoms with van der Waals surface area (Å²) in [5, 5.41) is 0. The summed E-state index contributed by atoms with van der Waals surface area (Å²) in [7, 11) is 0. The van der Waals surface area contributed by atoms with E-state index < -0.39 is 0 Å². The molecule has 0 aliphatic carbocycles. The molecule has 0 bridgehead atoms. The first kappa shape index (κ1) is 11.3. The van der Waals surface area contributed by atoms with Gasteiger partial charge in [0, 0.05) is 18.5 Å². The average Bonchev–Trinajstić information content (AvgIpc) is 2.16. The minimum atomic E-state index is 0.112. The van der Waals surface area contributed by atoms with Gasteiger partial charge in [-0.05, 0) is 26.7 Å². The third-order valence-electron chi connectivity index (χ3n) is 2.65. The van der Waals surface area contributed by atoms with Crippen LogP contribution in [0.2, 0.25) is 0 Å². The molecule has 2 heteroatoms. The fourth-order valence-electron chi connectivity index (χ4n) is 1.81. The van der Waals surface area contributed by atoms with Gasteiger partial charge in [0.2, 0.25) is 0 Å². The Morgan fingerprint density at radius 2 is 2.00 bits per heavy atom. The second kappa shape index (κ2) is 4.63. The van der Waals surface area contributed by atoms with E-state index in [2.05, 4.69) is 24.8 Å². The predicted molar refractivity (Wildman–Crippen MR) is 59.0 cm³/mol. The quantitative estimate of drug-likeness (QED) is 0.690. The number of Topliss-reactive ketones (excluding diaryl/α,β-unsaturated/α-hetero) is 1. The van der Waals surface area contributed by atoms with E-state index in [1.54, 1.807) is 0 Å². The molecule has 1 heterocycles. The smallest absolute Gasteiger partial charge is 0.181 e. The third-order valence-corrected chi connectivity index (χ3v) is 2.65. The second-order valence-corrected chi connectivity index (χ2v) is 4.54. The van der Waals surface area contributed by atoms with E-state index in [0.717, 1.165) is 18.7 Å². The summed E-state index contributed by atoms with van der Waals surface area (Å²) < 4.78 is 0. The number of carbonyl (C=O) groups is 1. The van der Waals surface area contributed by atoms with Crippen LogP contribution in [-0.2, 0) is 4.79 Å². The summed E-state index contributed by atoms with van der Waals surface area (Å²) in [4.78, 5) is 14.1. The molecule has 0 radical (unpaired) electrons. The Morgan fingerprint density at radius 1 is 1.36 bits per heavy atom. The summed E-state index contributed by atoms with van der Waals surface area (Å²) >= 11 is 0. The van der Waals surface area contributed by atoms with Crippen LogP contribution in [0.5, 0.6) is 0 Å². The molecule has 1 aliphatic heterocycles. The van der Waals surface area contributed by atoms with Crippen LogP contribution >= 0.6 is 0 Å². The van der Waals surface area contributed by atoms with Crippen LogP contribution in [0, 0.1) is 5.92 Å². The Balaban J connectivity index is 2.82. The Morgan fingerprint density at radius 3 is 2.50 bits per heavy atom. The van der Waals surface area contributed by atoms with Crippen LogP contribution in [0.3, 0.4) is 0 Å². The van der Waals surface area contributed by atoms with E-state index in [-0.39, 0.29) is 5.92 Å². The first-order valence-corrected chi connectivity index (χ1v) is 5.55. The highest BCUT2D eigenvalue weighted by Gasteiger charge is 2.23. The minimum Gasteiger partial charge on any atom is -0.366 e. The van der Waals surface area contributed by atoms with Crippen molar-refractivity contribution in [3.63, 3.8) is 0 Å². The summed E-state index contributed by atoms with van der Waals surface area (Å²) in [6.45, 7) is 9.26. The van der Waals surface area contributed by atoms with Crippen molar-refractivity contribution in [2.24, 2.45) is 5.92 Å². The molecule has 0 aromatic heterocycles. The number of hydrogen-bond donors (Lipinski definition) is 0. The van der Waals surface area contributed by atoms with E-state index in [0.29, 0.717) is 11.8 Å². The molecule has 0 amide bonds. The maximum Gasteiger partial charge on any atom is 0.181 e. The van der Waals surface area contributed by atoms with Crippen LogP contribution in [0.4, 0.5) is 0 Å². The monoisotopic (exact) mass is 195 g/mol. The van der Waals surface area contributed by atoms with E-state index in [1.165, 1.54) is 6.42 Å². The molecule has 1 rings (SSSR count). The van der Waals surface area contributed by atoms with Crippen LogP contribution in [0.1, 0.15) is 40.5 Å².